The third kappa shape index (κ3) is 5.87. The van der Waals surface area contributed by atoms with Crippen LogP contribution in [-0.4, -0.2) is 45.7 Å². The zero-order valence-corrected chi connectivity index (χ0v) is 18.0. The fourth-order valence-corrected chi connectivity index (χ4v) is 3.38. The molecule has 0 radical (unpaired) electrons. The molecule has 1 fully saturated rings. The van der Waals surface area contributed by atoms with Crippen molar-refractivity contribution in [3.63, 3.8) is 0 Å². The largest absolute Gasteiger partial charge is 0.493 e. The van der Waals surface area contributed by atoms with Gasteiger partial charge in [0, 0.05) is 18.2 Å². The predicted molar refractivity (Wildman–Crippen MR) is 119 cm³/mol. The average Bonchev–Trinajstić information content (AvgIpc) is 2.78. The Balaban J connectivity index is 0.00000320. The molecule has 2 amide bonds. The molecule has 0 spiro atoms. The van der Waals surface area contributed by atoms with E-state index in [1.54, 1.807) is 36.4 Å². The Labute approximate surface area is 182 Å². The number of benzene rings is 2. The van der Waals surface area contributed by atoms with Crippen molar-refractivity contribution in [1.82, 2.24) is 10.6 Å². The van der Waals surface area contributed by atoms with Crippen molar-refractivity contribution in [1.29, 1.82) is 0 Å². The van der Waals surface area contributed by atoms with E-state index in [4.69, 9.17) is 9.47 Å². The van der Waals surface area contributed by atoms with Crippen molar-refractivity contribution in [3.05, 3.63) is 53.6 Å². The molecular weight excluding hydrogens is 406 g/mol. The number of anilines is 1. The number of hydrogen-bond donors (Lipinski definition) is 3. The minimum Gasteiger partial charge on any atom is -0.493 e. The van der Waals surface area contributed by atoms with Gasteiger partial charge < -0.3 is 25.4 Å². The molecule has 1 unspecified atom stereocenters. The number of carbonyl (C=O) groups is 2. The number of rotatable bonds is 7. The highest BCUT2D eigenvalue weighted by atomic mass is 35.5. The number of nitrogens with one attached hydrogen (secondary N) is 3. The summed E-state index contributed by atoms with van der Waals surface area (Å²) in [5.74, 6) is 0.692. The van der Waals surface area contributed by atoms with Crippen molar-refractivity contribution in [2.45, 2.75) is 12.8 Å². The highest BCUT2D eigenvalue weighted by Gasteiger charge is 2.20. The van der Waals surface area contributed by atoms with Crippen LogP contribution in [-0.2, 0) is 0 Å². The lowest BCUT2D eigenvalue weighted by atomic mass is 9.99. The first-order valence-corrected chi connectivity index (χ1v) is 9.73. The minimum atomic E-state index is -0.302. The van der Waals surface area contributed by atoms with E-state index in [2.05, 4.69) is 16.0 Å². The molecule has 0 saturated carbocycles. The van der Waals surface area contributed by atoms with E-state index in [1.165, 1.54) is 14.2 Å². The normalized spacial score (nSPS) is 15.5. The van der Waals surface area contributed by atoms with E-state index in [9.17, 15) is 9.59 Å². The average molecular weight is 434 g/mol. The smallest absolute Gasteiger partial charge is 0.255 e. The fourth-order valence-electron chi connectivity index (χ4n) is 3.38. The zero-order chi connectivity index (χ0) is 20.6. The third-order valence-electron chi connectivity index (χ3n) is 5.00. The summed E-state index contributed by atoms with van der Waals surface area (Å²) in [6.07, 6.45) is 2.19. The number of hydrogen-bond acceptors (Lipinski definition) is 5. The second-order valence-corrected chi connectivity index (χ2v) is 7.00. The van der Waals surface area contributed by atoms with Gasteiger partial charge in [0.25, 0.3) is 11.8 Å². The van der Waals surface area contributed by atoms with Gasteiger partial charge in [0.2, 0.25) is 0 Å². The van der Waals surface area contributed by atoms with Crippen LogP contribution in [0.25, 0.3) is 0 Å². The van der Waals surface area contributed by atoms with Crippen molar-refractivity contribution in [2.75, 3.05) is 39.2 Å². The van der Waals surface area contributed by atoms with Crippen molar-refractivity contribution in [3.8, 4) is 11.5 Å². The summed E-state index contributed by atoms with van der Waals surface area (Å²) in [7, 11) is 3.02. The molecule has 3 rings (SSSR count). The van der Waals surface area contributed by atoms with E-state index in [0.29, 0.717) is 40.8 Å². The van der Waals surface area contributed by atoms with Gasteiger partial charge in [-0.05, 0) is 50.0 Å². The van der Waals surface area contributed by atoms with Crippen LogP contribution in [0, 0.1) is 5.92 Å². The summed E-state index contributed by atoms with van der Waals surface area (Å²) in [6.45, 7) is 2.49. The Morgan fingerprint density at radius 3 is 2.40 bits per heavy atom. The van der Waals surface area contributed by atoms with Gasteiger partial charge in [0.05, 0.1) is 25.5 Å². The van der Waals surface area contributed by atoms with Gasteiger partial charge in [-0.1, -0.05) is 18.2 Å². The summed E-state index contributed by atoms with van der Waals surface area (Å²) >= 11 is 0. The van der Waals surface area contributed by atoms with E-state index < -0.39 is 0 Å². The molecule has 30 heavy (non-hydrogen) atoms. The summed E-state index contributed by atoms with van der Waals surface area (Å²) in [4.78, 5) is 25.5. The fraction of sp³-hybridized carbons (Fsp3) is 0.364. The molecule has 162 valence electrons. The summed E-state index contributed by atoms with van der Waals surface area (Å²) in [6, 6.07) is 12.0. The minimum absolute atomic E-state index is 0. The molecular formula is C22H28ClN3O4. The van der Waals surface area contributed by atoms with Crippen LogP contribution in [0.3, 0.4) is 0 Å². The van der Waals surface area contributed by atoms with Gasteiger partial charge in [-0.25, -0.2) is 0 Å². The number of halogens is 1. The van der Waals surface area contributed by atoms with Crippen molar-refractivity contribution in [2.24, 2.45) is 5.92 Å². The van der Waals surface area contributed by atoms with E-state index in [1.807, 2.05) is 6.07 Å². The van der Waals surface area contributed by atoms with Crippen LogP contribution in [0.15, 0.2) is 42.5 Å². The number of carbonyl (C=O) groups excluding carboxylic acids is 2. The number of amides is 2. The Morgan fingerprint density at radius 2 is 1.77 bits per heavy atom. The van der Waals surface area contributed by atoms with Crippen LogP contribution in [0.2, 0.25) is 0 Å². The maximum absolute atomic E-state index is 12.9. The molecule has 1 heterocycles. The van der Waals surface area contributed by atoms with Crippen molar-refractivity contribution >= 4 is 29.9 Å². The number of piperidine rings is 1. The topological polar surface area (TPSA) is 88.7 Å². The van der Waals surface area contributed by atoms with Crippen molar-refractivity contribution < 1.29 is 19.1 Å². The first kappa shape index (κ1) is 23.5. The second-order valence-electron chi connectivity index (χ2n) is 7.00. The Bertz CT molecular complexity index is 855. The van der Waals surface area contributed by atoms with Gasteiger partial charge >= 0.3 is 0 Å². The second kappa shape index (κ2) is 11.4. The van der Waals surface area contributed by atoms with Gasteiger partial charge in [0.15, 0.2) is 11.5 Å². The molecule has 7 nitrogen and oxygen atoms in total. The van der Waals surface area contributed by atoms with E-state index >= 15 is 0 Å². The van der Waals surface area contributed by atoms with Gasteiger partial charge in [-0.3, -0.25) is 9.59 Å². The quantitative estimate of drug-likeness (QED) is 0.624. The SMILES string of the molecule is COc1cc(NC(=O)c2ccccc2)c(C(=O)NCC2CCCNC2)cc1OC.Cl. The molecule has 1 saturated heterocycles. The molecule has 8 heteroatoms. The summed E-state index contributed by atoms with van der Waals surface area (Å²) in [5, 5.41) is 9.15. The Hall–Kier alpha value is -2.77. The van der Waals surface area contributed by atoms with Gasteiger partial charge in [0.1, 0.15) is 0 Å². The molecule has 3 N–H and O–H groups in total. The number of ether oxygens (including phenoxy) is 2. The predicted octanol–water partition coefficient (Wildman–Crippen LogP) is 3.11. The zero-order valence-electron chi connectivity index (χ0n) is 17.2. The van der Waals surface area contributed by atoms with Crippen LogP contribution >= 0.6 is 12.4 Å². The first-order valence-electron chi connectivity index (χ1n) is 9.73. The molecule has 2 aromatic carbocycles. The van der Waals surface area contributed by atoms with Crippen LogP contribution in [0.4, 0.5) is 5.69 Å². The van der Waals surface area contributed by atoms with Crippen LogP contribution in [0.1, 0.15) is 33.6 Å². The van der Waals surface area contributed by atoms with Gasteiger partial charge in [-0.2, -0.15) is 0 Å². The van der Waals surface area contributed by atoms with E-state index in [-0.39, 0.29) is 24.2 Å². The molecule has 1 aliphatic heterocycles. The summed E-state index contributed by atoms with van der Waals surface area (Å²) < 4.78 is 10.7. The lowest BCUT2D eigenvalue weighted by Crippen LogP contribution is -2.38. The highest BCUT2D eigenvalue weighted by Crippen LogP contribution is 2.33. The van der Waals surface area contributed by atoms with Crippen LogP contribution < -0.4 is 25.4 Å². The maximum Gasteiger partial charge on any atom is 0.255 e. The standard InChI is InChI=1S/C22H27N3O4.ClH/c1-28-19-11-17(22(27)24-14-15-7-6-10-23-13-15)18(12-20(19)29-2)25-21(26)16-8-4-3-5-9-16;/h3-5,8-9,11-12,15,23H,6-7,10,13-14H2,1-2H3,(H,24,27)(H,25,26);1H. The molecule has 0 aromatic heterocycles. The van der Waals surface area contributed by atoms with E-state index in [0.717, 1.165) is 25.9 Å². The maximum atomic E-state index is 12.9. The molecule has 2 aromatic rings. The highest BCUT2D eigenvalue weighted by molar-refractivity contribution is 6.09. The Kier molecular flexibility index (Phi) is 8.95. The molecule has 1 atom stereocenters. The first-order chi connectivity index (χ1) is 14.1. The molecule has 1 aliphatic rings. The monoisotopic (exact) mass is 433 g/mol. The van der Waals surface area contributed by atoms with Gasteiger partial charge in [-0.15, -0.1) is 12.4 Å². The van der Waals surface area contributed by atoms with Crippen LogP contribution in [0.5, 0.6) is 11.5 Å². The number of methoxy groups -OCH3 is 2. The Morgan fingerprint density at radius 1 is 1.07 bits per heavy atom. The third-order valence-corrected chi connectivity index (χ3v) is 5.00. The summed E-state index contributed by atoms with van der Waals surface area (Å²) in [5.41, 5.74) is 1.20. The molecule has 0 bridgehead atoms. The lowest BCUT2D eigenvalue weighted by molar-refractivity contribution is 0.0945. The lowest BCUT2D eigenvalue weighted by Gasteiger charge is -2.23. The molecule has 0 aliphatic carbocycles.